The van der Waals surface area contributed by atoms with Crippen LogP contribution in [-0.4, -0.2) is 74.7 Å². The number of hydrogen-bond donors (Lipinski definition) is 3. The Hall–Kier alpha value is -2.20. The van der Waals surface area contributed by atoms with Crippen molar-refractivity contribution in [3.05, 3.63) is 36.0 Å². The first kappa shape index (κ1) is 37.8. The minimum atomic E-state index is -1.44. The van der Waals surface area contributed by atoms with Crippen molar-refractivity contribution in [2.24, 2.45) is 17.8 Å². The van der Waals surface area contributed by atoms with E-state index in [1.165, 1.54) is 20.8 Å². The third kappa shape index (κ3) is 13.0. The monoisotopic (exact) mass is 614 g/mol. The average molecular weight is 615 g/mol. The van der Waals surface area contributed by atoms with E-state index in [1.54, 1.807) is 12.2 Å². The molecule has 1 heterocycles. The smallest absolute Gasteiger partial charge is 0.309 e. The van der Waals surface area contributed by atoms with Crippen LogP contribution in [0.15, 0.2) is 36.0 Å². The Morgan fingerprint density at radius 1 is 1.21 bits per heavy atom. The molecule has 0 fully saturated rings. The summed E-state index contributed by atoms with van der Waals surface area (Å²) in [4.78, 5) is 35.7. The highest BCUT2D eigenvalue weighted by molar-refractivity contribution is 6.21. The molecule has 3 N–H and O–H groups in total. The number of rotatable bonds is 11. The Morgan fingerprint density at radius 3 is 2.43 bits per heavy atom. The molecule has 0 spiro atoms. The summed E-state index contributed by atoms with van der Waals surface area (Å²) in [5.41, 5.74) is -0.691. The molecule has 240 valence electrons. The van der Waals surface area contributed by atoms with Crippen LogP contribution < -0.4 is 0 Å². The topological polar surface area (TPSA) is 140 Å². The maximum atomic E-state index is 12.6. The Bertz CT molecular complexity index is 973. The molecule has 0 aromatic rings. The van der Waals surface area contributed by atoms with Crippen molar-refractivity contribution in [2.75, 3.05) is 0 Å². The molecule has 10 atom stereocenters. The van der Waals surface area contributed by atoms with Gasteiger partial charge in [-0.3, -0.25) is 14.4 Å². The lowest BCUT2D eigenvalue weighted by Gasteiger charge is -2.32. The molecule has 0 aromatic heterocycles. The van der Waals surface area contributed by atoms with Crippen LogP contribution in [0.3, 0.4) is 0 Å². The predicted octanol–water partition coefficient (Wildman–Crippen LogP) is 4.79. The van der Waals surface area contributed by atoms with Crippen LogP contribution in [0.25, 0.3) is 0 Å². The molecule has 0 saturated heterocycles. The third-order valence-electron chi connectivity index (χ3n) is 7.68. The third-order valence-corrected chi connectivity index (χ3v) is 8.11. The van der Waals surface area contributed by atoms with Crippen LogP contribution >= 0.6 is 11.6 Å². The van der Waals surface area contributed by atoms with E-state index in [2.05, 4.69) is 0 Å². The van der Waals surface area contributed by atoms with Crippen LogP contribution in [0, 0.1) is 17.8 Å². The van der Waals surface area contributed by atoms with E-state index in [4.69, 9.17) is 25.8 Å². The highest BCUT2D eigenvalue weighted by atomic mass is 35.5. The second kappa shape index (κ2) is 17.8. The standard InChI is InChI=1S/C32H51ClO9/c1-9-27(40-23(6)34)22(5)30(38)26(33)17-19(2)11-10-12-20(3)31-21(4)13-14-28(41-24(7)35)32(8,39)16-15-25(36)18-29(37)42-31/h10-14,19,21-22,25-28,30-31,36,38-39H,9,15-18H2,1-8H3/b11-10+,14-13-,20-12+. The summed E-state index contributed by atoms with van der Waals surface area (Å²) in [6, 6.07) is 0. The fourth-order valence-electron chi connectivity index (χ4n) is 5.02. The van der Waals surface area contributed by atoms with Crippen LogP contribution in [0.4, 0.5) is 0 Å². The number of carbonyl (C=O) groups is 3. The van der Waals surface area contributed by atoms with Crippen molar-refractivity contribution in [1.82, 2.24) is 0 Å². The molecule has 42 heavy (non-hydrogen) atoms. The van der Waals surface area contributed by atoms with Gasteiger partial charge in [-0.1, -0.05) is 52.0 Å². The van der Waals surface area contributed by atoms with Crippen molar-refractivity contribution in [3.8, 4) is 0 Å². The summed E-state index contributed by atoms with van der Waals surface area (Å²) in [6.07, 6.45) is 6.14. The number of aliphatic hydroxyl groups excluding tert-OH is 2. The molecule has 1 rings (SSSR count). The van der Waals surface area contributed by atoms with Gasteiger partial charge >= 0.3 is 17.9 Å². The highest BCUT2D eigenvalue weighted by Gasteiger charge is 2.35. The van der Waals surface area contributed by atoms with Gasteiger partial charge in [0.1, 0.15) is 23.9 Å². The number of ether oxygens (including phenoxy) is 3. The molecular weight excluding hydrogens is 564 g/mol. The Balaban J connectivity index is 3.05. The van der Waals surface area contributed by atoms with E-state index in [0.29, 0.717) is 12.8 Å². The van der Waals surface area contributed by atoms with Gasteiger partial charge in [0, 0.05) is 25.7 Å². The number of allylic oxidation sites excluding steroid dienone is 3. The fraction of sp³-hybridized carbons (Fsp3) is 0.719. The lowest BCUT2D eigenvalue weighted by atomic mass is 9.88. The van der Waals surface area contributed by atoms with Gasteiger partial charge < -0.3 is 29.5 Å². The van der Waals surface area contributed by atoms with E-state index in [0.717, 1.165) is 5.57 Å². The maximum absolute atomic E-state index is 12.6. The molecule has 0 aliphatic carbocycles. The van der Waals surface area contributed by atoms with Gasteiger partial charge in [-0.05, 0) is 57.1 Å². The molecule has 0 saturated carbocycles. The van der Waals surface area contributed by atoms with Gasteiger partial charge in [-0.2, -0.15) is 0 Å². The zero-order valence-corrected chi connectivity index (χ0v) is 27.0. The van der Waals surface area contributed by atoms with E-state index in [1.807, 2.05) is 52.8 Å². The molecule has 10 unspecified atom stereocenters. The number of cyclic esters (lactones) is 1. The fourth-order valence-corrected chi connectivity index (χ4v) is 5.53. The molecule has 0 amide bonds. The SMILES string of the molecule is CCC(OC(C)=O)C(C)C(O)C(Cl)CC(C)/C=C/C=C(\C)C1OC(=O)CC(O)CCC(C)(O)C(OC(C)=O)/C=C\C1C. The predicted molar refractivity (Wildman–Crippen MR) is 162 cm³/mol. The van der Waals surface area contributed by atoms with Gasteiger partial charge in [0.25, 0.3) is 0 Å². The number of carbonyl (C=O) groups excluding carboxylic acids is 3. The van der Waals surface area contributed by atoms with Crippen molar-refractivity contribution in [3.63, 3.8) is 0 Å². The highest BCUT2D eigenvalue weighted by Crippen LogP contribution is 2.28. The van der Waals surface area contributed by atoms with E-state index < -0.39 is 59.4 Å². The molecule has 0 aromatic carbocycles. The van der Waals surface area contributed by atoms with Gasteiger partial charge in [0.15, 0.2) is 0 Å². The Morgan fingerprint density at radius 2 is 1.86 bits per heavy atom. The van der Waals surface area contributed by atoms with Crippen molar-refractivity contribution in [1.29, 1.82) is 0 Å². The Labute approximate surface area is 255 Å². The van der Waals surface area contributed by atoms with Gasteiger partial charge in [0.2, 0.25) is 0 Å². The van der Waals surface area contributed by atoms with Crippen molar-refractivity contribution < 1.29 is 43.9 Å². The van der Waals surface area contributed by atoms with Gasteiger partial charge in [-0.15, -0.1) is 11.6 Å². The molecule has 0 bridgehead atoms. The number of aliphatic hydroxyl groups is 3. The maximum Gasteiger partial charge on any atom is 0.309 e. The van der Waals surface area contributed by atoms with E-state index in [-0.39, 0.29) is 37.0 Å². The molecule has 1 aliphatic heterocycles. The van der Waals surface area contributed by atoms with E-state index >= 15 is 0 Å². The number of alkyl halides is 1. The lowest BCUT2D eigenvalue weighted by Crippen LogP contribution is -2.42. The molecule has 10 heteroatoms. The van der Waals surface area contributed by atoms with Crippen LogP contribution in [0.5, 0.6) is 0 Å². The summed E-state index contributed by atoms with van der Waals surface area (Å²) in [7, 11) is 0. The quantitative estimate of drug-likeness (QED) is 0.0985. The summed E-state index contributed by atoms with van der Waals surface area (Å²) in [5, 5.41) is 31.5. The van der Waals surface area contributed by atoms with Gasteiger partial charge in [-0.25, -0.2) is 0 Å². The number of hydrogen-bond acceptors (Lipinski definition) is 9. The second-order valence-electron chi connectivity index (χ2n) is 11.9. The van der Waals surface area contributed by atoms with Gasteiger partial charge in [0.05, 0.1) is 24.0 Å². The summed E-state index contributed by atoms with van der Waals surface area (Å²) < 4.78 is 16.4. The largest absolute Gasteiger partial charge is 0.462 e. The summed E-state index contributed by atoms with van der Waals surface area (Å²) in [5.74, 6) is -2.15. The van der Waals surface area contributed by atoms with Crippen LogP contribution in [0.2, 0.25) is 0 Å². The summed E-state index contributed by atoms with van der Waals surface area (Å²) in [6.45, 7) is 13.5. The first-order valence-electron chi connectivity index (χ1n) is 14.8. The zero-order chi connectivity index (χ0) is 32.2. The molecular formula is C32H51ClO9. The van der Waals surface area contributed by atoms with Crippen molar-refractivity contribution >= 4 is 29.5 Å². The first-order valence-corrected chi connectivity index (χ1v) is 15.2. The van der Waals surface area contributed by atoms with Crippen LogP contribution in [-0.2, 0) is 28.6 Å². The molecule has 9 nitrogen and oxygen atoms in total. The molecule has 1 aliphatic rings. The second-order valence-corrected chi connectivity index (χ2v) is 12.4. The first-order chi connectivity index (χ1) is 19.5. The van der Waals surface area contributed by atoms with Crippen molar-refractivity contribution in [2.45, 2.75) is 129 Å². The average Bonchev–Trinajstić information content (AvgIpc) is 2.89. The summed E-state index contributed by atoms with van der Waals surface area (Å²) >= 11 is 6.54. The zero-order valence-electron chi connectivity index (χ0n) is 26.3. The lowest BCUT2D eigenvalue weighted by molar-refractivity contribution is -0.157. The number of halogens is 1. The van der Waals surface area contributed by atoms with Crippen LogP contribution in [0.1, 0.15) is 87.5 Å². The minimum absolute atomic E-state index is 0.00486. The minimum Gasteiger partial charge on any atom is -0.462 e. The molecule has 0 radical (unpaired) electrons. The Kier molecular flexibility index (Phi) is 16.0. The van der Waals surface area contributed by atoms with E-state index in [9.17, 15) is 29.7 Å². The normalized spacial score (nSPS) is 30.6. The number of esters is 3.